The first-order valence-electron chi connectivity index (χ1n) is 4.52. The Bertz CT molecular complexity index is 244. The summed E-state index contributed by atoms with van der Waals surface area (Å²) in [6.45, 7) is 0.343. The molecule has 3 N–H and O–H groups in total. The molecular weight excluding hydrogens is 186 g/mol. The Morgan fingerprint density at radius 2 is 2.36 bits per heavy atom. The molecular formula is C8H15N3O3. The van der Waals surface area contributed by atoms with Crippen LogP contribution in [0.15, 0.2) is 0 Å². The average molecular weight is 201 g/mol. The predicted molar refractivity (Wildman–Crippen MR) is 49.2 cm³/mol. The Balaban J connectivity index is 2.74. The van der Waals surface area contributed by atoms with E-state index in [1.165, 1.54) is 5.01 Å². The Morgan fingerprint density at radius 1 is 1.71 bits per heavy atom. The Hall–Kier alpha value is -1.14. The molecule has 1 aliphatic rings. The molecule has 0 radical (unpaired) electrons. The van der Waals surface area contributed by atoms with Crippen molar-refractivity contribution in [2.24, 2.45) is 5.73 Å². The molecule has 1 rings (SSSR count). The van der Waals surface area contributed by atoms with Crippen molar-refractivity contribution in [3.05, 3.63) is 0 Å². The highest BCUT2D eigenvalue weighted by Gasteiger charge is 2.28. The minimum atomic E-state index is -1.03. The molecule has 1 heterocycles. The topological polar surface area (TPSA) is 86.9 Å². The lowest BCUT2D eigenvalue weighted by Gasteiger charge is -2.29. The van der Waals surface area contributed by atoms with Crippen molar-refractivity contribution in [1.82, 2.24) is 10.0 Å². The fraction of sp³-hybridized carbons (Fsp3) is 0.750. The molecule has 0 saturated carbocycles. The fourth-order valence-corrected chi connectivity index (χ4v) is 1.47. The van der Waals surface area contributed by atoms with Gasteiger partial charge in [0.25, 0.3) is 5.91 Å². The van der Waals surface area contributed by atoms with Gasteiger partial charge in [0, 0.05) is 13.6 Å². The van der Waals surface area contributed by atoms with Crippen molar-refractivity contribution in [1.29, 1.82) is 0 Å². The molecule has 0 spiro atoms. The lowest BCUT2D eigenvalue weighted by molar-refractivity contribution is -0.156. The van der Waals surface area contributed by atoms with Crippen LogP contribution in [0.4, 0.5) is 0 Å². The highest BCUT2D eigenvalue weighted by Crippen LogP contribution is 2.09. The molecule has 1 aliphatic heterocycles. The summed E-state index contributed by atoms with van der Waals surface area (Å²) in [5, 5.41) is 11.4. The van der Waals surface area contributed by atoms with Crippen molar-refractivity contribution in [2.45, 2.75) is 18.9 Å². The zero-order valence-corrected chi connectivity index (χ0v) is 8.14. The van der Waals surface area contributed by atoms with E-state index in [1.54, 1.807) is 12.1 Å². The van der Waals surface area contributed by atoms with Crippen LogP contribution in [0.2, 0.25) is 0 Å². The minimum absolute atomic E-state index is 0.313. The Morgan fingerprint density at radius 3 is 2.93 bits per heavy atom. The van der Waals surface area contributed by atoms with Crippen LogP contribution in [0.25, 0.3) is 0 Å². The van der Waals surface area contributed by atoms with Gasteiger partial charge < -0.3 is 10.8 Å². The summed E-state index contributed by atoms with van der Waals surface area (Å²) < 4.78 is 0. The maximum Gasteiger partial charge on any atom is 0.324 e. The number of carbonyl (C=O) groups is 2. The third-order valence-corrected chi connectivity index (χ3v) is 2.27. The summed E-state index contributed by atoms with van der Waals surface area (Å²) >= 11 is 0. The standard InChI is InChI=1S/C8H15N3O3/c1-10-4-2-3-6(9)8(14)11(10)5-7(12)13/h6H,2-5,9H2,1H3,(H,12,13). The van der Waals surface area contributed by atoms with E-state index >= 15 is 0 Å². The summed E-state index contributed by atoms with van der Waals surface area (Å²) in [6, 6.07) is -0.570. The molecule has 1 atom stereocenters. The van der Waals surface area contributed by atoms with Gasteiger partial charge in [0.05, 0.1) is 6.04 Å². The number of amides is 1. The predicted octanol–water partition coefficient (Wildman–Crippen LogP) is -1.13. The molecule has 0 aromatic rings. The number of nitrogens with zero attached hydrogens (tertiary/aromatic N) is 2. The van der Waals surface area contributed by atoms with Crippen LogP contribution in [-0.4, -0.2) is 53.2 Å². The van der Waals surface area contributed by atoms with Gasteiger partial charge in [-0.1, -0.05) is 0 Å². The quantitative estimate of drug-likeness (QED) is 0.590. The zero-order chi connectivity index (χ0) is 10.7. The van der Waals surface area contributed by atoms with Gasteiger partial charge in [-0.25, -0.2) is 5.01 Å². The number of rotatable bonds is 2. The van der Waals surface area contributed by atoms with Crippen molar-refractivity contribution in [3.63, 3.8) is 0 Å². The van der Waals surface area contributed by atoms with E-state index in [0.29, 0.717) is 13.0 Å². The number of hydrogen-bond donors (Lipinski definition) is 2. The summed E-state index contributed by atoms with van der Waals surface area (Å²) in [7, 11) is 1.69. The van der Waals surface area contributed by atoms with E-state index in [4.69, 9.17) is 10.8 Å². The molecule has 1 fully saturated rings. The highest BCUT2D eigenvalue weighted by atomic mass is 16.4. The number of hydrogen-bond acceptors (Lipinski definition) is 4. The van der Waals surface area contributed by atoms with Gasteiger partial charge in [0.1, 0.15) is 6.54 Å². The molecule has 80 valence electrons. The van der Waals surface area contributed by atoms with Gasteiger partial charge in [0.15, 0.2) is 0 Å². The summed E-state index contributed by atoms with van der Waals surface area (Å²) in [4.78, 5) is 22.1. The fourth-order valence-electron chi connectivity index (χ4n) is 1.47. The third-order valence-electron chi connectivity index (χ3n) is 2.27. The van der Waals surface area contributed by atoms with E-state index in [9.17, 15) is 9.59 Å². The monoisotopic (exact) mass is 201 g/mol. The first-order valence-corrected chi connectivity index (χ1v) is 4.52. The van der Waals surface area contributed by atoms with Crippen molar-refractivity contribution in [2.75, 3.05) is 20.1 Å². The van der Waals surface area contributed by atoms with Gasteiger partial charge in [-0.2, -0.15) is 0 Å². The number of carboxylic acid groups (broad SMARTS) is 1. The van der Waals surface area contributed by atoms with Gasteiger partial charge in [-0.3, -0.25) is 14.6 Å². The molecule has 0 bridgehead atoms. The lowest BCUT2D eigenvalue weighted by atomic mass is 10.1. The minimum Gasteiger partial charge on any atom is -0.480 e. The number of carboxylic acids is 1. The molecule has 6 nitrogen and oxygen atoms in total. The average Bonchev–Trinajstić information content (AvgIpc) is 2.20. The normalized spacial score (nSPS) is 24.9. The van der Waals surface area contributed by atoms with Crippen LogP contribution < -0.4 is 5.73 Å². The Kier molecular flexibility index (Phi) is 3.43. The van der Waals surface area contributed by atoms with Crippen LogP contribution in [0, 0.1) is 0 Å². The van der Waals surface area contributed by atoms with Gasteiger partial charge >= 0.3 is 5.97 Å². The molecule has 0 aromatic carbocycles. The van der Waals surface area contributed by atoms with Gasteiger partial charge in [0.2, 0.25) is 0 Å². The lowest BCUT2D eigenvalue weighted by Crippen LogP contribution is -2.50. The second kappa shape index (κ2) is 4.39. The van der Waals surface area contributed by atoms with E-state index in [1.807, 2.05) is 0 Å². The Labute approximate surface area is 82.2 Å². The molecule has 6 heteroatoms. The maximum absolute atomic E-state index is 11.6. The van der Waals surface area contributed by atoms with Gasteiger partial charge in [-0.15, -0.1) is 0 Å². The van der Waals surface area contributed by atoms with E-state index in [0.717, 1.165) is 6.42 Å². The van der Waals surface area contributed by atoms with Crippen LogP contribution >= 0.6 is 0 Å². The second-order valence-corrected chi connectivity index (χ2v) is 3.42. The first-order chi connectivity index (χ1) is 6.52. The largest absolute Gasteiger partial charge is 0.480 e. The molecule has 1 saturated heterocycles. The van der Waals surface area contributed by atoms with Crippen molar-refractivity contribution in [3.8, 4) is 0 Å². The maximum atomic E-state index is 11.6. The third kappa shape index (κ3) is 2.43. The van der Waals surface area contributed by atoms with Crippen LogP contribution in [0.5, 0.6) is 0 Å². The van der Waals surface area contributed by atoms with Crippen LogP contribution in [-0.2, 0) is 9.59 Å². The summed E-state index contributed by atoms with van der Waals surface area (Å²) in [5.74, 6) is -1.34. The summed E-state index contributed by atoms with van der Waals surface area (Å²) in [5.41, 5.74) is 5.60. The summed E-state index contributed by atoms with van der Waals surface area (Å²) in [6.07, 6.45) is 1.42. The SMILES string of the molecule is CN1CCCC(N)C(=O)N1CC(=O)O. The van der Waals surface area contributed by atoms with E-state index in [-0.39, 0.29) is 12.5 Å². The second-order valence-electron chi connectivity index (χ2n) is 3.42. The molecule has 1 unspecified atom stereocenters. The highest BCUT2D eigenvalue weighted by molar-refractivity contribution is 5.84. The first kappa shape index (κ1) is 10.9. The smallest absolute Gasteiger partial charge is 0.324 e. The molecule has 0 aromatic heterocycles. The van der Waals surface area contributed by atoms with Gasteiger partial charge in [-0.05, 0) is 12.8 Å². The number of aliphatic carboxylic acids is 1. The zero-order valence-electron chi connectivity index (χ0n) is 8.14. The van der Waals surface area contributed by atoms with Crippen LogP contribution in [0.1, 0.15) is 12.8 Å². The van der Waals surface area contributed by atoms with E-state index in [2.05, 4.69) is 0 Å². The molecule has 0 aliphatic carbocycles. The molecule has 14 heavy (non-hydrogen) atoms. The van der Waals surface area contributed by atoms with Crippen molar-refractivity contribution >= 4 is 11.9 Å². The van der Waals surface area contributed by atoms with Crippen molar-refractivity contribution < 1.29 is 14.7 Å². The number of hydrazine groups is 1. The number of carbonyl (C=O) groups excluding carboxylic acids is 1. The van der Waals surface area contributed by atoms with Crippen LogP contribution in [0.3, 0.4) is 0 Å². The number of nitrogens with two attached hydrogens (primary N) is 1. The molecule has 1 amide bonds. The van der Waals surface area contributed by atoms with E-state index < -0.39 is 12.0 Å².